The second-order valence-electron chi connectivity index (χ2n) is 6.47. The van der Waals surface area contributed by atoms with Crippen molar-refractivity contribution >= 4 is 23.2 Å². The third kappa shape index (κ3) is 5.51. The highest BCUT2D eigenvalue weighted by atomic mass is 35.5. The van der Waals surface area contributed by atoms with Crippen LogP contribution in [0.15, 0.2) is 66.7 Å². The molecule has 0 atom stereocenters. The van der Waals surface area contributed by atoms with Crippen LogP contribution in [0.5, 0.6) is 17.2 Å². The fourth-order valence-corrected chi connectivity index (χ4v) is 2.81. The molecule has 0 aromatic heterocycles. The number of benzene rings is 3. The summed E-state index contributed by atoms with van der Waals surface area (Å²) in [5, 5.41) is 3.37. The Kier molecular flexibility index (Phi) is 6.56. The summed E-state index contributed by atoms with van der Waals surface area (Å²) in [6.07, 6.45) is 0.213. The molecule has 0 bridgehead atoms. The molecule has 0 spiro atoms. The van der Waals surface area contributed by atoms with Crippen LogP contribution in [0.1, 0.15) is 17.5 Å². The summed E-state index contributed by atoms with van der Waals surface area (Å²) in [7, 11) is 0. The lowest BCUT2D eigenvalue weighted by Crippen LogP contribution is -2.16. The molecule has 0 saturated carbocycles. The summed E-state index contributed by atoms with van der Waals surface area (Å²) in [6.45, 7) is 4.27. The highest BCUT2D eigenvalue weighted by Gasteiger charge is 2.11. The number of rotatable bonds is 7. The molecule has 1 amide bonds. The molecule has 0 heterocycles. The Morgan fingerprint density at radius 2 is 1.75 bits per heavy atom. The highest BCUT2D eigenvalue weighted by molar-refractivity contribution is 6.31. The summed E-state index contributed by atoms with van der Waals surface area (Å²) < 4.78 is 11.6. The molecule has 0 aliphatic heterocycles. The Hall–Kier alpha value is -2.98. The molecule has 0 radical (unpaired) electrons. The number of carbonyl (C=O) groups excluding carboxylic acids is 1. The number of nitrogens with one attached hydrogen (secondary N) is 1. The van der Waals surface area contributed by atoms with Gasteiger partial charge in [0.1, 0.15) is 11.5 Å². The molecule has 0 aliphatic carbocycles. The smallest absolute Gasteiger partial charge is 0.227 e. The summed E-state index contributed by atoms with van der Waals surface area (Å²) >= 11 is 6.09. The first-order chi connectivity index (χ1) is 13.5. The maximum Gasteiger partial charge on any atom is 0.227 e. The van der Waals surface area contributed by atoms with Crippen LogP contribution >= 0.6 is 11.6 Å². The summed E-state index contributed by atoms with van der Waals surface area (Å²) in [5.41, 5.74) is 2.68. The zero-order valence-corrected chi connectivity index (χ0v) is 16.6. The van der Waals surface area contributed by atoms with Crippen LogP contribution in [0.3, 0.4) is 0 Å². The first-order valence-electron chi connectivity index (χ1n) is 9.03. The monoisotopic (exact) mass is 395 g/mol. The molecule has 0 aliphatic rings. The quantitative estimate of drug-likeness (QED) is 0.521. The number of hydrogen-bond donors (Lipinski definition) is 1. The van der Waals surface area contributed by atoms with Crippen molar-refractivity contribution in [1.29, 1.82) is 0 Å². The number of para-hydroxylation sites is 1. The molecule has 5 heteroatoms. The number of amides is 1. The zero-order chi connectivity index (χ0) is 19.9. The molecular weight excluding hydrogens is 374 g/mol. The molecule has 4 nitrogen and oxygen atoms in total. The Morgan fingerprint density at radius 3 is 2.54 bits per heavy atom. The summed E-state index contributed by atoms with van der Waals surface area (Å²) in [4.78, 5) is 12.4. The van der Waals surface area contributed by atoms with Crippen LogP contribution in [0.2, 0.25) is 5.02 Å². The minimum atomic E-state index is -0.175. The number of aryl methyl sites for hydroxylation is 2. The number of halogens is 1. The van der Waals surface area contributed by atoms with E-state index in [4.69, 9.17) is 21.1 Å². The number of carbonyl (C=O) groups is 1. The van der Waals surface area contributed by atoms with E-state index in [2.05, 4.69) is 5.32 Å². The first kappa shape index (κ1) is 19.8. The SMILES string of the molecule is Cc1ccc(C)c(OCCC(=O)Nc2cc(Cl)ccc2Oc2ccccc2)c1. The average Bonchev–Trinajstić information content (AvgIpc) is 2.67. The van der Waals surface area contributed by atoms with E-state index in [1.807, 2.05) is 62.4 Å². The van der Waals surface area contributed by atoms with Gasteiger partial charge in [0.05, 0.1) is 18.7 Å². The Morgan fingerprint density at radius 1 is 0.964 bits per heavy atom. The molecule has 144 valence electrons. The maximum absolute atomic E-state index is 12.4. The lowest BCUT2D eigenvalue weighted by atomic mass is 10.1. The van der Waals surface area contributed by atoms with Crippen molar-refractivity contribution in [3.63, 3.8) is 0 Å². The third-order valence-corrected chi connectivity index (χ3v) is 4.35. The lowest BCUT2D eigenvalue weighted by Gasteiger charge is -2.13. The van der Waals surface area contributed by atoms with Crippen LogP contribution in [-0.4, -0.2) is 12.5 Å². The van der Waals surface area contributed by atoms with Crippen molar-refractivity contribution in [3.05, 3.63) is 82.9 Å². The van der Waals surface area contributed by atoms with E-state index in [0.717, 1.165) is 16.9 Å². The average molecular weight is 396 g/mol. The first-order valence-corrected chi connectivity index (χ1v) is 9.41. The molecular formula is C23H22ClNO3. The van der Waals surface area contributed by atoms with Gasteiger partial charge in [-0.15, -0.1) is 0 Å². The van der Waals surface area contributed by atoms with E-state index in [-0.39, 0.29) is 18.9 Å². The minimum Gasteiger partial charge on any atom is -0.493 e. The maximum atomic E-state index is 12.4. The van der Waals surface area contributed by atoms with Gasteiger partial charge in [0.2, 0.25) is 5.91 Å². The topological polar surface area (TPSA) is 47.6 Å². The van der Waals surface area contributed by atoms with Gasteiger partial charge in [-0.05, 0) is 61.4 Å². The molecule has 3 aromatic carbocycles. The van der Waals surface area contributed by atoms with Crippen LogP contribution in [0, 0.1) is 13.8 Å². The number of hydrogen-bond acceptors (Lipinski definition) is 3. The predicted molar refractivity (Wildman–Crippen MR) is 113 cm³/mol. The molecule has 3 rings (SSSR count). The van der Waals surface area contributed by atoms with E-state index in [0.29, 0.717) is 22.2 Å². The summed E-state index contributed by atoms with van der Waals surface area (Å²) in [6, 6.07) is 20.5. The normalized spacial score (nSPS) is 10.4. The van der Waals surface area contributed by atoms with Crippen molar-refractivity contribution in [1.82, 2.24) is 0 Å². The Bertz CT molecular complexity index is 957. The summed E-state index contributed by atoms with van der Waals surface area (Å²) in [5.74, 6) is 1.83. The Labute approximate surface area is 170 Å². The van der Waals surface area contributed by atoms with Gasteiger partial charge < -0.3 is 14.8 Å². The van der Waals surface area contributed by atoms with E-state index >= 15 is 0 Å². The molecule has 28 heavy (non-hydrogen) atoms. The molecule has 0 fully saturated rings. The van der Waals surface area contributed by atoms with Crippen molar-refractivity contribution in [2.24, 2.45) is 0 Å². The van der Waals surface area contributed by atoms with Crippen molar-refractivity contribution in [2.75, 3.05) is 11.9 Å². The van der Waals surface area contributed by atoms with Gasteiger partial charge in [-0.3, -0.25) is 4.79 Å². The Balaban J connectivity index is 1.61. The van der Waals surface area contributed by atoms with Gasteiger partial charge >= 0.3 is 0 Å². The van der Waals surface area contributed by atoms with E-state index in [1.54, 1.807) is 18.2 Å². The van der Waals surface area contributed by atoms with Crippen LogP contribution in [0.4, 0.5) is 5.69 Å². The second kappa shape index (κ2) is 9.29. The van der Waals surface area contributed by atoms with Gasteiger partial charge in [0, 0.05) is 5.02 Å². The lowest BCUT2D eigenvalue weighted by molar-refractivity contribution is -0.116. The zero-order valence-electron chi connectivity index (χ0n) is 15.9. The van der Waals surface area contributed by atoms with Crippen molar-refractivity contribution in [3.8, 4) is 17.2 Å². The highest BCUT2D eigenvalue weighted by Crippen LogP contribution is 2.32. The largest absolute Gasteiger partial charge is 0.493 e. The predicted octanol–water partition coefficient (Wildman–Crippen LogP) is 6.16. The molecule has 0 unspecified atom stereocenters. The molecule has 3 aromatic rings. The van der Waals surface area contributed by atoms with E-state index < -0.39 is 0 Å². The standard InChI is InChI=1S/C23H22ClNO3/c1-16-8-9-17(2)22(14-16)27-13-12-23(26)25-20-15-18(24)10-11-21(20)28-19-6-4-3-5-7-19/h3-11,14-15H,12-13H2,1-2H3,(H,25,26). The van der Waals surface area contributed by atoms with Crippen LogP contribution in [-0.2, 0) is 4.79 Å². The fourth-order valence-electron chi connectivity index (χ4n) is 2.63. The van der Waals surface area contributed by atoms with Gasteiger partial charge in [0.15, 0.2) is 5.75 Å². The number of ether oxygens (including phenoxy) is 2. The molecule has 1 N–H and O–H groups in total. The number of anilines is 1. The van der Waals surface area contributed by atoms with Crippen molar-refractivity contribution < 1.29 is 14.3 Å². The minimum absolute atomic E-state index is 0.175. The van der Waals surface area contributed by atoms with E-state index in [1.165, 1.54) is 0 Å². The van der Waals surface area contributed by atoms with Gasteiger partial charge in [0.25, 0.3) is 0 Å². The van der Waals surface area contributed by atoms with Gasteiger partial charge in [-0.2, -0.15) is 0 Å². The van der Waals surface area contributed by atoms with Crippen molar-refractivity contribution in [2.45, 2.75) is 20.3 Å². The van der Waals surface area contributed by atoms with Gasteiger partial charge in [-0.25, -0.2) is 0 Å². The third-order valence-electron chi connectivity index (χ3n) is 4.12. The van der Waals surface area contributed by atoms with Crippen LogP contribution < -0.4 is 14.8 Å². The van der Waals surface area contributed by atoms with Gasteiger partial charge in [-0.1, -0.05) is 41.9 Å². The van der Waals surface area contributed by atoms with E-state index in [9.17, 15) is 4.79 Å². The fraction of sp³-hybridized carbons (Fsp3) is 0.174. The second-order valence-corrected chi connectivity index (χ2v) is 6.91. The molecule has 0 saturated heterocycles. The van der Waals surface area contributed by atoms with Crippen LogP contribution in [0.25, 0.3) is 0 Å².